The van der Waals surface area contributed by atoms with Gasteiger partial charge in [0, 0.05) is 22.9 Å². The van der Waals surface area contributed by atoms with E-state index in [2.05, 4.69) is 16.2 Å². The Morgan fingerprint density at radius 3 is 2.03 bits per heavy atom. The number of amides is 3. The van der Waals surface area contributed by atoms with E-state index in [4.69, 9.17) is 4.74 Å². The molecule has 0 bridgehead atoms. The van der Waals surface area contributed by atoms with Gasteiger partial charge in [0.1, 0.15) is 5.75 Å². The molecular formula is C24H21N3O4. The van der Waals surface area contributed by atoms with Crippen LogP contribution in [-0.2, 0) is 4.79 Å². The fourth-order valence-electron chi connectivity index (χ4n) is 2.62. The minimum Gasteiger partial charge on any atom is -0.497 e. The Morgan fingerprint density at radius 2 is 1.39 bits per heavy atom. The molecule has 3 N–H and O–H groups in total. The molecule has 156 valence electrons. The molecule has 0 spiro atoms. The third kappa shape index (κ3) is 6.30. The molecule has 0 aliphatic rings. The number of nitrogens with one attached hydrogen (secondary N) is 3. The summed E-state index contributed by atoms with van der Waals surface area (Å²) in [5.74, 6) is -0.476. The third-order valence-electron chi connectivity index (χ3n) is 4.28. The van der Waals surface area contributed by atoms with E-state index in [0.717, 1.165) is 11.3 Å². The quantitative estimate of drug-likeness (QED) is 0.425. The van der Waals surface area contributed by atoms with Crippen LogP contribution in [0.1, 0.15) is 26.3 Å². The molecule has 3 amide bonds. The molecule has 3 aromatic carbocycles. The predicted molar refractivity (Wildman–Crippen MR) is 118 cm³/mol. The van der Waals surface area contributed by atoms with Gasteiger partial charge in [-0.15, -0.1) is 0 Å². The van der Waals surface area contributed by atoms with Crippen LogP contribution < -0.4 is 20.9 Å². The lowest BCUT2D eigenvalue weighted by Crippen LogP contribution is -2.40. The average Bonchev–Trinajstić information content (AvgIpc) is 2.82. The lowest BCUT2D eigenvalue weighted by molar-refractivity contribution is -0.117. The van der Waals surface area contributed by atoms with Crippen molar-refractivity contribution in [1.29, 1.82) is 0 Å². The summed E-state index contributed by atoms with van der Waals surface area (Å²) in [6.45, 7) is 0. The van der Waals surface area contributed by atoms with Crippen LogP contribution in [0, 0.1) is 0 Å². The van der Waals surface area contributed by atoms with Gasteiger partial charge in [-0.2, -0.15) is 0 Å². The molecule has 3 aromatic rings. The lowest BCUT2D eigenvalue weighted by atomic mass is 10.1. The molecule has 0 aliphatic heterocycles. The van der Waals surface area contributed by atoms with Gasteiger partial charge < -0.3 is 10.1 Å². The highest BCUT2D eigenvalue weighted by Gasteiger charge is 2.08. The van der Waals surface area contributed by atoms with E-state index in [-0.39, 0.29) is 5.91 Å². The van der Waals surface area contributed by atoms with Crippen molar-refractivity contribution in [2.75, 3.05) is 12.4 Å². The number of anilines is 1. The number of methoxy groups -OCH3 is 1. The molecule has 0 saturated heterocycles. The summed E-state index contributed by atoms with van der Waals surface area (Å²) in [5, 5.41) is 2.76. The Balaban J connectivity index is 1.49. The number of benzene rings is 3. The fourth-order valence-corrected chi connectivity index (χ4v) is 2.62. The Kier molecular flexibility index (Phi) is 7.16. The first-order chi connectivity index (χ1) is 15.0. The van der Waals surface area contributed by atoms with Gasteiger partial charge in [-0.1, -0.05) is 30.3 Å². The van der Waals surface area contributed by atoms with Crippen molar-refractivity contribution in [2.45, 2.75) is 0 Å². The van der Waals surface area contributed by atoms with Gasteiger partial charge in [-0.05, 0) is 60.2 Å². The third-order valence-corrected chi connectivity index (χ3v) is 4.28. The van der Waals surface area contributed by atoms with E-state index < -0.39 is 11.8 Å². The number of hydrogen-bond donors (Lipinski definition) is 3. The number of hydrogen-bond acceptors (Lipinski definition) is 4. The van der Waals surface area contributed by atoms with Crippen molar-refractivity contribution in [3.63, 3.8) is 0 Å². The van der Waals surface area contributed by atoms with Gasteiger partial charge >= 0.3 is 0 Å². The van der Waals surface area contributed by atoms with Crippen LogP contribution in [0.15, 0.2) is 84.9 Å². The number of hydrazine groups is 1. The van der Waals surface area contributed by atoms with Crippen molar-refractivity contribution in [3.8, 4) is 5.75 Å². The number of carbonyl (C=O) groups is 3. The lowest BCUT2D eigenvalue weighted by Gasteiger charge is -2.08. The van der Waals surface area contributed by atoms with Crippen LogP contribution in [0.4, 0.5) is 5.69 Å². The van der Waals surface area contributed by atoms with Gasteiger partial charge in [0.05, 0.1) is 7.11 Å². The molecule has 3 rings (SSSR count). The van der Waals surface area contributed by atoms with Crippen LogP contribution in [-0.4, -0.2) is 24.8 Å². The highest BCUT2D eigenvalue weighted by molar-refractivity contribution is 6.04. The van der Waals surface area contributed by atoms with E-state index in [1.807, 2.05) is 6.07 Å². The first-order valence-electron chi connectivity index (χ1n) is 9.44. The molecule has 0 unspecified atom stereocenters. The van der Waals surface area contributed by atoms with Crippen molar-refractivity contribution >= 4 is 29.5 Å². The molecule has 0 atom stereocenters. The Morgan fingerprint density at radius 1 is 0.742 bits per heavy atom. The van der Waals surface area contributed by atoms with E-state index in [9.17, 15) is 14.4 Å². The van der Waals surface area contributed by atoms with Crippen LogP contribution in [0.5, 0.6) is 5.75 Å². The number of carbonyl (C=O) groups excluding carboxylic acids is 3. The molecular weight excluding hydrogens is 394 g/mol. The first-order valence-corrected chi connectivity index (χ1v) is 9.44. The van der Waals surface area contributed by atoms with Crippen molar-refractivity contribution in [3.05, 3.63) is 102 Å². The van der Waals surface area contributed by atoms with E-state index >= 15 is 0 Å². The molecule has 0 aromatic heterocycles. The fraction of sp³-hybridized carbons (Fsp3) is 0.0417. The maximum atomic E-state index is 12.2. The second-order valence-corrected chi connectivity index (χ2v) is 6.45. The zero-order valence-electron chi connectivity index (χ0n) is 16.8. The highest BCUT2D eigenvalue weighted by atomic mass is 16.5. The summed E-state index contributed by atoms with van der Waals surface area (Å²) >= 11 is 0. The second-order valence-electron chi connectivity index (χ2n) is 6.45. The minimum atomic E-state index is -0.480. The SMILES string of the molecule is COc1ccc(/C=C/C(=O)NNC(=O)c2ccc(NC(=O)c3ccccc3)cc2)cc1. The molecule has 0 fully saturated rings. The van der Waals surface area contributed by atoms with Gasteiger partial charge in [0.2, 0.25) is 0 Å². The Labute approximate surface area is 179 Å². The zero-order chi connectivity index (χ0) is 22.1. The minimum absolute atomic E-state index is 0.242. The predicted octanol–water partition coefficient (Wildman–Crippen LogP) is 3.42. The van der Waals surface area contributed by atoms with Crippen molar-refractivity contribution in [1.82, 2.24) is 10.9 Å². The Bertz CT molecular complexity index is 1080. The van der Waals surface area contributed by atoms with Crippen molar-refractivity contribution < 1.29 is 19.1 Å². The molecule has 0 heterocycles. The number of rotatable bonds is 6. The zero-order valence-corrected chi connectivity index (χ0v) is 16.8. The average molecular weight is 415 g/mol. The number of ether oxygens (including phenoxy) is 1. The molecule has 31 heavy (non-hydrogen) atoms. The van der Waals surface area contributed by atoms with Gasteiger partial charge in [-0.3, -0.25) is 25.2 Å². The normalized spacial score (nSPS) is 10.4. The summed E-state index contributed by atoms with van der Waals surface area (Å²) in [7, 11) is 1.58. The molecule has 0 aliphatic carbocycles. The van der Waals surface area contributed by atoms with Crippen LogP contribution in [0.25, 0.3) is 6.08 Å². The largest absolute Gasteiger partial charge is 0.497 e. The maximum absolute atomic E-state index is 12.2. The summed E-state index contributed by atoms with van der Waals surface area (Å²) in [6, 6.07) is 22.3. The van der Waals surface area contributed by atoms with E-state index in [1.54, 1.807) is 86.0 Å². The van der Waals surface area contributed by atoms with E-state index in [1.165, 1.54) is 6.08 Å². The summed E-state index contributed by atoms with van der Waals surface area (Å²) in [5.41, 5.74) is 6.90. The topological polar surface area (TPSA) is 96.5 Å². The summed E-state index contributed by atoms with van der Waals surface area (Å²) < 4.78 is 5.08. The molecule has 0 saturated carbocycles. The highest BCUT2D eigenvalue weighted by Crippen LogP contribution is 2.13. The van der Waals surface area contributed by atoms with E-state index in [0.29, 0.717) is 16.8 Å². The standard InChI is InChI=1S/C24H21N3O4/c1-31-21-14-7-17(8-15-21)9-16-22(28)26-27-24(30)19-10-12-20(13-11-19)25-23(29)18-5-3-2-4-6-18/h2-16H,1H3,(H,25,29)(H,26,28)(H,27,30)/b16-9+. The smallest absolute Gasteiger partial charge is 0.269 e. The maximum Gasteiger partial charge on any atom is 0.269 e. The van der Waals surface area contributed by atoms with Gasteiger partial charge in [0.25, 0.3) is 17.7 Å². The van der Waals surface area contributed by atoms with Gasteiger partial charge in [0.15, 0.2) is 0 Å². The van der Waals surface area contributed by atoms with Crippen molar-refractivity contribution in [2.24, 2.45) is 0 Å². The summed E-state index contributed by atoms with van der Waals surface area (Å²) in [6.07, 6.45) is 2.93. The van der Waals surface area contributed by atoms with Gasteiger partial charge in [-0.25, -0.2) is 0 Å². The molecule has 7 heteroatoms. The first kappa shape index (κ1) is 21.3. The van der Waals surface area contributed by atoms with Crippen LogP contribution >= 0.6 is 0 Å². The molecule has 0 radical (unpaired) electrons. The Hall–Kier alpha value is -4.39. The van der Waals surface area contributed by atoms with Crippen LogP contribution in [0.2, 0.25) is 0 Å². The van der Waals surface area contributed by atoms with Crippen LogP contribution in [0.3, 0.4) is 0 Å². The molecule has 7 nitrogen and oxygen atoms in total. The monoisotopic (exact) mass is 415 g/mol. The second kappa shape index (κ2) is 10.4. The summed E-state index contributed by atoms with van der Waals surface area (Å²) in [4.78, 5) is 36.3.